The Morgan fingerprint density at radius 1 is 1.33 bits per heavy atom. The van der Waals surface area contributed by atoms with E-state index in [0.717, 1.165) is 7.11 Å². The van der Waals surface area contributed by atoms with Gasteiger partial charge in [-0.1, -0.05) is 6.07 Å². The molecule has 1 aliphatic heterocycles. The Kier molecular flexibility index (Phi) is 5.50. The van der Waals surface area contributed by atoms with Crippen LogP contribution in [0, 0.1) is 17.1 Å². The molecular formula is C16H15FN2O5. The summed E-state index contributed by atoms with van der Waals surface area (Å²) < 4.78 is 29.0. The van der Waals surface area contributed by atoms with Crippen molar-refractivity contribution in [1.82, 2.24) is 0 Å². The first kappa shape index (κ1) is 17.4. The van der Waals surface area contributed by atoms with Crippen LogP contribution in [-0.2, 0) is 30.2 Å². The number of anilines is 1. The van der Waals surface area contributed by atoms with Gasteiger partial charge in [-0.05, 0) is 17.7 Å². The van der Waals surface area contributed by atoms with Gasteiger partial charge in [0.25, 0.3) is 0 Å². The normalized spacial score (nSPS) is 14.2. The van der Waals surface area contributed by atoms with Gasteiger partial charge in [-0.25, -0.2) is 14.0 Å². The summed E-state index contributed by atoms with van der Waals surface area (Å²) in [4.78, 5) is 25.2. The molecule has 0 bridgehead atoms. The number of nitrogens with zero attached hydrogens (tertiary/aromatic N) is 2. The number of hydrogen-bond donors (Lipinski definition) is 0. The molecule has 1 heterocycles. The fraction of sp³-hybridized carbons (Fsp3) is 0.312. The van der Waals surface area contributed by atoms with Gasteiger partial charge in [-0.15, -0.1) is 0 Å². The van der Waals surface area contributed by atoms with E-state index in [1.165, 1.54) is 24.1 Å². The highest BCUT2D eigenvalue weighted by Gasteiger charge is 2.33. The van der Waals surface area contributed by atoms with Crippen molar-refractivity contribution in [1.29, 1.82) is 5.26 Å². The van der Waals surface area contributed by atoms with E-state index in [4.69, 9.17) is 14.7 Å². The van der Waals surface area contributed by atoms with Crippen molar-refractivity contribution in [3.63, 3.8) is 0 Å². The molecule has 1 aromatic rings. The van der Waals surface area contributed by atoms with Crippen LogP contribution in [0.2, 0.25) is 0 Å². The number of rotatable bonds is 4. The second-order valence-corrected chi connectivity index (χ2v) is 4.84. The molecule has 0 N–H and O–H groups in total. The van der Waals surface area contributed by atoms with Crippen molar-refractivity contribution < 1.29 is 28.2 Å². The van der Waals surface area contributed by atoms with E-state index >= 15 is 0 Å². The first-order chi connectivity index (χ1) is 11.5. The van der Waals surface area contributed by atoms with Crippen LogP contribution in [-0.4, -0.2) is 39.5 Å². The fourth-order valence-corrected chi connectivity index (χ4v) is 2.30. The van der Waals surface area contributed by atoms with Gasteiger partial charge in [0.05, 0.1) is 44.6 Å². The summed E-state index contributed by atoms with van der Waals surface area (Å²) in [6.45, 7) is -0.290. The number of methoxy groups -OCH3 is 2. The minimum Gasteiger partial charge on any atom is -0.466 e. The van der Waals surface area contributed by atoms with E-state index in [1.807, 2.05) is 6.07 Å². The summed E-state index contributed by atoms with van der Waals surface area (Å²) in [5, 5.41) is 8.68. The van der Waals surface area contributed by atoms with Gasteiger partial charge in [0.15, 0.2) is 0 Å². The minimum absolute atomic E-state index is 0.0261. The fourth-order valence-electron chi connectivity index (χ4n) is 2.30. The Hall–Kier alpha value is -2.92. The summed E-state index contributed by atoms with van der Waals surface area (Å²) in [7, 11) is 2.32. The van der Waals surface area contributed by atoms with Crippen LogP contribution >= 0.6 is 0 Å². The highest BCUT2D eigenvalue weighted by atomic mass is 19.1. The summed E-state index contributed by atoms with van der Waals surface area (Å²) in [5.41, 5.74) is 0.324. The molecule has 126 valence electrons. The van der Waals surface area contributed by atoms with Gasteiger partial charge in [0.1, 0.15) is 18.2 Å². The van der Waals surface area contributed by atoms with E-state index in [1.54, 1.807) is 6.07 Å². The molecule has 0 aromatic heterocycles. The van der Waals surface area contributed by atoms with Crippen LogP contribution in [0.25, 0.3) is 0 Å². The first-order valence-electron chi connectivity index (χ1n) is 6.94. The number of carbonyl (C=O) groups is 2. The van der Waals surface area contributed by atoms with Gasteiger partial charge in [-0.3, -0.25) is 0 Å². The molecule has 0 unspecified atom stereocenters. The highest BCUT2D eigenvalue weighted by molar-refractivity contribution is 6.03. The third kappa shape index (κ3) is 3.36. The van der Waals surface area contributed by atoms with E-state index in [9.17, 15) is 14.0 Å². The second kappa shape index (κ2) is 7.57. The van der Waals surface area contributed by atoms with Crippen LogP contribution in [0.3, 0.4) is 0 Å². The lowest BCUT2D eigenvalue weighted by Gasteiger charge is -2.31. The quantitative estimate of drug-likeness (QED) is 0.766. The van der Waals surface area contributed by atoms with E-state index in [2.05, 4.69) is 4.74 Å². The summed E-state index contributed by atoms with van der Waals surface area (Å²) in [5.74, 6) is -2.22. The van der Waals surface area contributed by atoms with Crippen molar-refractivity contribution >= 4 is 17.6 Å². The lowest BCUT2D eigenvalue weighted by Crippen LogP contribution is -2.39. The lowest BCUT2D eigenvalue weighted by atomic mass is 10.1. The number of ether oxygens (including phenoxy) is 3. The van der Waals surface area contributed by atoms with Crippen LogP contribution in [0.1, 0.15) is 5.56 Å². The number of nitriles is 1. The van der Waals surface area contributed by atoms with E-state index in [-0.39, 0.29) is 36.7 Å². The Balaban J connectivity index is 2.53. The van der Waals surface area contributed by atoms with Crippen LogP contribution in [0.5, 0.6) is 0 Å². The standard InChI is InChI=1S/C16H15FN2O5/c1-22-15(20)11-8-24-9-19(14(11)16(21)23-2)13-4-3-10(5-6-18)7-12(13)17/h3-4,7H,5,8-9H2,1-2H3. The molecule has 1 aromatic carbocycles. The Labute approximate surface area is 137 Å². The molecule has 2 rings (SSSR count). The monoisotopic (exact) mass is 334 g/mol. The number of benzene rings is 1. The molecule has 0 fully saturated rings. The average Bonchev–Trinajstić information content (AvgIpc) is 2.60. The third-order valence-corrected chi connectivity index (χ3v) is 3.42. The molecule has 0 radical (unpaired) electrons. The molecule has 0 atom stereocenters. The molecule has 24 heavy (non-hydrogen) atoms. The smallest absolute Gasteiger partial charge is 0.355 e. The predicted octanol–water partition coefficient (Wildman–Crippen LogP) is 1.29. The Morgan fingerprint density at radius 2 is 2.04 bits per heavy atom. The molecule has 7 nitrogen and oxygen atoms in total. The van der Waals surface area contributed by atoms with Crippen molar-refractivity contribution in [2.45, 2.75) is 6.42 Å². The van der Waals surface area contributed by atoms with E-state index < -0.39 is 17.8 Å². The van der Waals surface area contributed by atoms with E-state index in [0.29, 0.717) is 5.56 Å². The number of hydrogen-bond acceptors (Lipinski definition) is 7. The summed E-state index contributed by atoms with van der Waals surface area (Å²) in [6.07, 6.45) is 0.0564. The largest absolute Gasteiger partial charge is 0.466 e. The second-order valence-electron chi connectivity index (χ2n) is 4.84. The van der Waals surface area contributed by atoms with Crippen LogP contribution < -0.4 is 4.90 Å². The van der Waals surface area contributed by atoms with Gasteiger partial charge in [0, 0.05) is 0 Å². The van der Waals surface area contributed by atoms with Crippen molar-refractivity contribution in [3.05, 3.63) is 40.8 Å². The van der Waals surface area contributed by atoms with Crippen molar-refractivity contribution in [3.8, 4) is 6.07 Å². The lowest BCUT2D eigenvalue weighted by molar-refractivity contribution is -0.140. The molecule has 0 saturated heterocycles. The van der Waals surface area contributed by atoms with Crippen LogP contribution in [0.4, 0.5) is 10.1 Å². The topological polar surface area (TPSA) is 88.9 Å². The zero-order valence-corrected chi connectivity index (χ0v) is 13.2. The van der Waals surface area contributed by atoms with Gasteiger partial charge in [0.2, 0.25) is 0 Å². The highest BCUT2D eigenvalue weighted by Crippen LogP contribution is 2.29. The SMILES string of the molecule is COC(=O)C1=C(C(=O)OC)N(c2ccc(CC#N)cc2F)COC1. The molecule has 8 heteroatoms. The minimum atomic E-state index is -0.806. The van der Waals surface area contributed by atoms with Crippen molar-refractivity contribution in [2.75, 3.05) is 32.5 Å². The summed E-state index contributed by atoms with van der Waals surface area (Å²) in [6, 6.07) is 6.09. The Morgan fingerprint density at radius 3 is 2.62 bits per heavy atom. The molecule has 1 aliphatic rings. The number of halogens is 1. The molecular weight excluding hydrogens is 319 g/mol. The predicted molar refractivity (Wildman–Crippen MR) is 80.1 cm³/mol. The molecule has 0 amide bonds. The summed E-state index contributed by atoms with van der Waals surface area (Å²) >= 11 is 0. The zero-order chi connectivity index (χ0) is 17.7. The van der Waals surface area contributed by atoms with Crippen molar-refractivity contribution in [2.24, 2.45) is 0 Å². The number of carbonyl (C=O) groups excluding carboxylic acids is 2. The molecule has 0 saturated carbocycles. The maximum Gasteiger partial charge on any atom is 0.355 e. The Bertz CT molecular complexity index is 738. The number of esters is 2. The zero-order valence-electron chi connectivity index (χ0n) is 13.2. The average molecular weight is 334 g/mol. The third-order valence-electron chi connectivity index (χ3n) is 3.42. The molecule has 0 spiro atoms. The van der Waals surface area contributed by atoms with Gasteiger partial charge in [-0.2, -0.15) is 5.26 Å². The van der Waals surface area contributed by atoms with Crippen LogP contribution in [0.15, 0.2) is 29.5 Å². The van der Waals surface area contributed by atoms with Gasteiger partial charge >= 0.3 is 11.9 Å². The maximum absolute atomic E-state index is 14.4. The molecule has 0 aliphatic carbocycles. The first-order valence-corrected chi connectivity index (χ1v) is 6.94. The maximum atomic E-state index is 14.4. The van der Waals surface area contributed by atoms with Gasteiger partial charge < -0.3 is 19.1 Å².